The van der Waals surface area contributed by atoms with Crippen LogP contribution in [0.4, 0.5) is 0 Å². The highest BCUT2D eigenvalue weighted by atomic mass is 79.9. The lowest BCUT2D eigenvalue weighted by atomic mass is 10.3. The molecule has 2 aromatic rings. The summed E-state index contributed by atoms with van der Waals surface area (Å²) < 4.78 is 6.40. The van der Waals surface area contributed by atoms with Crippen LogP contribution in [-0.4, -0.2) is 10.2 Å². The van der Waals surface area contributed by atoms with E-state index in [2.05, 4.69) is 26.1 Å². The van der Waals surface area contributed by atoms with E-state index < -0.39 is 0 Å². The number of nitrogens with zero attached hydrogens (tertiary/aromatic N) is 2. The molecule has 0 atom stereocenters. The quantitative estimate of drug-likeness (QED) is 0.841. The Kier molecular flexibility index (Phi) is 3.41. The van der Waals surface area contributed by atoms with Crippen LogP contribution in [0, 0.1) is 6.92 Å². The van der Waals surface area contributed by atoms with E-state index in [1.807, 2.05) is 19.1 Å². The number of aryl methyl sites for hydroxylation is 1. The molecule has 0 aliphatic carbocycles. The lowest BCUT2D eigenvalue weighted by Crippen LogP contribution is -1.92. The fourth-order valence-corrected chi connectivity index (χ4v) is 1.61. The smallest absolute Gasteiger partial charge is 0.238 e. The van der Waals surface area contributed by atoms with Gasteiger partial charge in [-0.2, -0.15) is 5.10 Å². The van der Waals surface area contributed by atoms with Crippen molar-refractivity contribution in [3.8, 4) is 11.6 Å². The van der Waals surface area contributed by atoms with Gasteiger partial charge in [0.05, 0.1) is 10.7 Å². The van der Waals surface area contributed by atoms with Crippen molar-refractivity contribution >= 4 is 27.5 Å². The highest BCUT2D eigenvalue weighted by molar-refractivity contribution is 9.10. The molecule has 0 fully saturated rings. The minimum atomic E-state index is 0.422. The van der Waals surface area contributed by atoms with Gasteiger partial charge in [-0.3, -0.25) is 0 Å². The van der Waals surface area contributed by atoms with Crippen LogP contribution in [0.25, 0.3) is 0 Å². The molecule has 0 saturated carbocycles. The number of aromatic nitrogens is 2. The average molecular weight is 300 g/mol. The molecule has 2 rings (SSSR count). The first kappa shape index (κ1) is 11.4. The van der Waals surface area contributed by atoms with Gasteiger partial charge in [-0.25, -0.2) is 0 Å². The molecule has 3 nitrogen and oxygen atoms in total. The second-order valence-electron chi connectivity index (χ2n) is 3.19. The van der Waals surface area contributed by atoms with Gasteiger partial charge in [0.1, 0.15) is 5.75 Å². The maximum atomic E-state index is 5.98. The first-order valence-electron chi connectivity index (χ1n) is 4.58. The standard InChI is InChI=1S/C11H8BrClN2O/c1-7-2-5-11(15-14-7)16-10-6-8(12)3-4-9(10)13/h2-6H,1H3. The van der Waals surface area contributed by atoms with Gasteiger partial charge in [-0.05, 0) is 31.2 Å². The Bertz CT molecular complexity index is 502. The van der Waals surface area contributed by atoms with Crippen molar-refractivity contribution in [2.24, 2.45) is 0 Å². The molecule has 1 heterocycles. The highest BCUT2D eigenvalue weighted by Gasteiger charge is 2.04. The zero-order chi connectivity index (χ0) is 11.5. The first-order valence-corrected chi connectivity index (χ1v) is 5.75. The van der Waals surface area contributed by atoms with Crippen molar-refractivity contribution in [2.45, 2.75) is 6.92 Å². The Hall–Kier alpha value is -1.13. The summed E-state index contributed by atoms with van der Waals surface area (Å²) in [6.45, 7) is 1.86. The second-order valence-corrected chi connectivity index (χ2v) is 4.51. The summed E-state index contributed by atoms with van der Waals surface area (Å²) in [5.41, 5.74) is 0.840. The van der Waals surface area contributed by atoms with Crippen LogP contribution >= 0.6 is 27.5 Å². The van der Waals surface area contributed by atoms with E-state index in [9.17, 15) is 0 Å². The number of ether oxygens (including phenoxy) is 1. The van der Waals surface area contributed by atoms with Crippen LogP contribution in [0.2, 0.25) is 5.02 Å². The predicted molar refractivity (Wildman–Crippen MR) is 66.0 cm³/mol. The molecule has 0 bridgehead atoms. The molecule has 0 aliphatic rings. The minimum absolute atomic E-state index is 0.422. The van der Waals surface area contributed by atoms with Crippen molar-refractivity contribution < 1.29 is 4.74 Å². The van der Waals surface area contributed by atoms with Gasteiger partial charge in [-0.1, -0.05) is 27.5 Å². The van der Waals surface area contributed by atoms with Crippen molar-refractivity contribution in [1.29, 1.82) is 0 Å². The van der Waals surface area contributed by atoms with E-state index in [1.165, 1.54) is 0 Å². The van der Waals surface area contributed by atoms with E-state index in [4.69, 9.17) is 16.3 Å². The van der Waals surface area contributed by atoms with E-state index in [0.717, 1.165) is 10.2 Å². The second kappa shape index (κ2) is 4.80. The van der Waals surface area contributed by atoms with Crippen LogP contribution in [0.15, 0.2) is 34.8 Å². The van der Waals surface area contributed by atoms with Crippen LogP contribution in [0.3, 0.4) is 0 Å². The summed E-state index contributed by atoms with van der Waals surface area (Å²) in [4.78, 5) is 0. The molecule has 16 heavy (non-hydrogen) atoms. The first-order chi connectivity index (χ1) is 7.65. The highest BCUT2D eigenvalue weighted by Crippen LogP contribution is 2.30. The predicted octanol–water partition coefficient (Wildman–Crippen LogP) is 3.99. The Morgan fingerprint density at radius 2 is 2.00 bits per heavy atom. The molecule has 0 radical (unpaired) electrons. The number of benzene rings is 1. The molecule has 1 aromatic heterocycles. The largest absolute Gasteiger partial charge is 0.436 e. The van der Waals surface area contributed by atoms with Crippen LogP contribution in [0.5, 0.6) is 11.6 Å². The van der Waals surface area contributed by atoms with E-state index in [1.54, 1.807) is 18.2 Å². The summed E-state index contributed by atoms with van der Waals surface area (Å²) in [5, 5.41) is 8.33. The molecule has 0 aliphatic heterocycles. The Morgan fingerprint density at radius 3 is 2.69 bits per heavy atom. The Balaban J connectivity index is 2.26. The van der Waals surface area contributed by atoms with Crippen molar-refractivity contribution in [3.05, 3.63) is 45.5 Å². The van der Waals surface area contributed by atoms with Crippen LogP contribution in [-0.2, 0) is 0 Å². The molecule has 82 valence electrons. The maximum absolute atomic E-state index is 5.98. The SMILES string of the molecule is Cc1ccc(Oc2cc(Br)ccc2Cl)nn1. The summed E-state index contributed by atoms with van der Waals surface area (Å²) in [6.07, 6.45) is 0. The maximum Gasteiger partial charge on any atom is 0.238 e. The van der Waals surface area contributed by atoms with Crippen molar-refractivity contribution in [1.82, 2.24) is 10.2 Å². The van der Waals surface area contributed by atoms with E-state index in [-0.39, 0.29) is 0 Å². The summed E-state index contributed by atoms with van der Waals surface area (Å²) in [6, 6.07) is 8.95. The Labute approximate surface area is 107 Å². The Morgan fingerprint density at radius 1 is 1.19 bits per heavy atom. The summed E-state index contributed by atoms with van der Waals surface area (Å²) >= 11 is 9.33. The normalized spacial score (nSPS) is 10.2. The third kappa shape index (κ3) is 2.71. The third-order valence-electron chi connectivity index (χ3n) is 1.88. The fourth-order valence-electron chi connectivity index (χ4n) is 1.11. The molecule has 5 heteroatoms. The van der Waals surface area contributed by atoms with E-state index in [0.29, 0.717) is 16.7 Å². The molecular weight excluding hydrogens is 291 g/mol. The van der Waals surface area contributed by atoms with E-state index >= 15 is 0 Å². The number of halogens is 2. The van der Waals surface area contributed by atoms with Gasteiger partial charge >= 0.3 is 0 Å². The monoisotopic (exact) mass is 298 g/mol. The van der Waals surface area contributed by atoms with Gasteiger partial charge in [-0.15, -0.1) is 5.10 Å². The van der Waals surface area contributed by atoms with Crippen LogP contribution < -0.4 is 4.74 Å². The van der Waals surface area contributed by atoms with Gasteiger partial charge in [0, 0.05) is 10.5 Å². The fraction of sp³-hybridized carbons (Fsp3) is 0.0909. The van der Waals surface area contributed by atoms with Gasteiger partial charge in [0.15, 0.2) is 0 Å². The van der Waals surface area contributed by atoms with Crippen molar-refractivity contribution in [3.63, 3.8) is 0 Å². The molecule has 0 amide bonds. The zero-order valence-corrected chi connectivity index (χ0v) is 10.8. The molecule has 1 aromatic carbocycles. The minimum Gasteiger partial charge on any atom is -0.436 e. The van der Waals surface area contributed by atoms with Gasteiger partial charge in [0.2, 0.25) is 5.88 Å². The third-order valence-corrected chi connectivity index (χ3v) is 2.69. The number of hydrogen-bond donors (Lipinski definition) is 0. The molecule has 0 N–H and O–H groups in total. The zero-order valence-electron chi connectivity index (χ0n) is 8.45. The molecular formula is C11H8BrClN2O. The lowest BCUT2D eigenvalue weighted by Gasteiger charge is -2.06. The van der Waals surface area contributed by atoms with Gasteiger partial charge < -0.3 is 4.74 Å². The van der Waals surface area contributed by atoms with Gasteiger partial charge in [0.25, 0.3) is 0 Å². The molecule has 0 spiro atoms. The number of hydrogen-bond acceptors (Lipinski definition) is 3. The summed E-state index contributed by atoms with van der Waals surface area (Å²) in [5.74, 6) is 0.972. The number of rotatable bonds is 2. The summed E-state index contributed by atoms with van der Waals surface area (Å²) in [7, 11) is 0. The topological polar surface area (TPSA) is 35.0 Å². The molecule has 0 unspecified atom stereocenters. The average Bonchev–Trinajstić information content (AvgIpc) is 2.27. The lowest BCUT2D eigenvalue weighted by molar-refractivity contribution is 0.454. The molecule has 0 saturated heterocycles. The van der Waals surface area contributed by atoms with Crippen LogP contribution in [0.1, 0.15) is 5.69 Å². The van der Waals surface area contributed by atoms with Crippen molar-refractivity contribution in [2.75, 3.05) is 0 Å².